The van der Waals surface area contributed by atoms with Gasteiger partial charge in [-0.25, -0.2) is 19.9 Å². The first-order chi connectivity index (χ1) is 17.7. The third-order valence-electron chi connectivity index (χ3n) is 5.48. The van der Waals surface area contributed by atoms with Crippen LogP contribution in [0.3, 0.4) is 0 Å². The Kier molecular flexibility index (Phi) is 5.91. The maximum absolute atomic E-state index is 13.2. The summed E-state index contributed by atoms with van der Waals surface area (Å²) in [5.74, 6) is -0.107. The first-order valence-corrected chi connectivity index (χ1v) is 11.0. The fraction of sp³-hybridized carbons (Fsp3) is 0.0800. The van der Waals surface area contributed by atoms with Gasteiger partial charge in [0.05, 0.1) is 34.7 Å². The maximum Gasteiger partial charge on any atom is 0.434 e. The van der Waals surface area contributed by atoms with Crippen LogP contribution >= 0.6 is 0 Å². The van der Waals surface area contributed by atoms with Gasteiger partial charge in [-0.2, -0.15) is 13.2 Å². The van der Waals surface area contributed by atoms with E-state index in [1.807, 2.05) is 0 Å². The topological polar surface area (TPSA) is 123 Å². The molecule has 0 atom stereocenters. The van der Waals surface area contributed by atoms with Crippen LogP contribution in [0, 0.1) is 6.92 Å². The summed E-state index contributed by atoms with van der Waals surface area (Å²) in [6.45, 7) is 1.68. The number of hydrogen-bond donors (Lipinski definition) is 3. The molecule has 3 aromatic heterocycles. The molecule has 0 aliphatic heterocycles. The lowest BCUT2D eigenvalue weighted by atomic mass is 10.2. The van der Waals surface area contributed by atoms with Gasteiger partial charge in [-0.15, -0.1) is 0 Å². The van der Waals surface area contributed by atoms with Crippen LogP contribution in [0.25, 0.3) is 17.0 Å². The highest BCUT2D eigenvalue weighted by molar-refractivity contribution is 6.05. The Balaban J connectivity index is 1.38. The Bertz CT molecular complexity index is 1610. The Hall–Kier alpha value is -5.00. The van der Waals surface area contributed by atoms with E-state index in [1.165, 1.54) is 10.6 Å². The second kappa shape index (κ2) is 9.22. The highest BCUT2D eigenvalue weighted by Crippen LogP contribution is 2.30. The van der Waals surface area contributed by atoms with E-state index in [4.69, 9.17) is 5.73 Å². The fourth-order valence-corrected chi connectivity index (χ4v) is 3.72. The number of anilines is 4. The Morgan fingerprint density at radius 2 is 1.76 bits per heavy atom. The van der Waals surface area contributed by atoms with Crippen LogP contribution in [0.4, 0.5) is 36.2 Å². The monoisotopic (exact) mass is 504 g/mol. The Labute approximate surface area is 208 Å². The molecule has 12 heteroatoms. The molecule has 0 saturated heterocycles. The quantitative estimate of drug-likeness (QED) is 0.285. The average Bonchev–Trinajstić information content (AvgIpc) is 3.20. The Morgan fingerprint density at radius 3 is 2.49 bits per heavy atom. The molecule has 0 spiro atoms. The van der Waals surface area contributed by atoms with Crippen LogP contribution in [0.2, 0.25) is 0 Å². The first-order valence-electron chi connectivity index (χ1n) is 11.0. The van der Waals surface area contributed by atoms with Crippen molar-refractivity contribution in [2.75, 3.05) is 16.4 Å². The van der Waals surface area contributed by atoms with E-state index in [0.29, 0.717) is 39.7 Å². The first kappa shape index (κ1) is 23.7. The molecule has 0 radical (unpaired) electrons. The second-order valence-electron chi connectivity index (χ2n) is 8.05. The third-order valence-corrected chi connectivity index (χ3v) is 5.48. The standard InChI is InChI=1S/C25H19F3N8O/c1-14-22(36-13-20(25(26,27)28)31-12-21(36)32-14)19-10-11-30-24(35-19)33-16-8-6-15(7-9-16)23(37)34-18-5-3-2-4-17(18)29/h2-13H,29H2,1H3,(H,34,37)(H,30,33,35). The number of hydrogen-bond acceptors (Lipinski definition) is 7. The number of carbonyl (C=O) groups excluding carboxylic acids is 1. The van der Waals surface area contributed by atoms with Crippen molar-refractivity contribution in [3.05, 3.63) is 90.1 Å². The summed E-state index contributed by atoms with van der Waals surface area (Å²) < 4.78 is 40.9. The van der Waals surface area contributed by atoms with Gasteiger partial charge in [0.1, 0.15) is 0 Å². The number of para-hydroxylation sites is 2. The number of nitrogens with zero attached hydrogens (tertiary/aromatic N) is 5. The van der Waals surface area contributed by atoms with Crippen LogP contribution in [0.15, 0.2) is 73.2 Å². The number of alkyl halides is 3. The largest absolute Gasteiger partial charge is 0.434 e. The number of fused-ring (bicyclic) bond motifs is 1. The van der Waals surface area contributed by atoms with Gasteiger partial charge in [0.25, 0.3) is 5.91 Å². The number of aromatic nitrogens is 5. The summed E-state index contributed by atoms with van der Waals surface area (Å²) >= 11 is 0. The number of nitrogens with two attached hydrogens (primary N) is 1. The van der Waals surface area contributed by atoms with Gasteiger partial charge >= 0.3 is 6.18 Å². The van der Waals surface area contributed by atoms with Gasteiger partial charge in [-0.1, -0.05) is 12.1 Å². The van der Waals surface area contributed by atoms with Crippen LogP contribution in [-0.4, -0.2) is 30.2 Å². The van der Waals surface area contributed by atoms with E-state index in [9.17, 15) is 18.0 Å². The van der Waals surface area contributed by atoms with Gasteiger partial charge < -0.3 is 16.4 Å². The summed E-state index contributed by atoms with van der Waals surface area (Å²) in [4.78, 5) is 29.0. The molecule has 0 bridgehead atoms. The number of imidazole rings is 1. The van der Waals surface area contributed by atoms with Crippen LogP contribution in [0.5, 0.6) is 0 Å². The van der Waals surface area contributed by atoms with E-state index < -0.39 is 11.9 Å². The van der Waals surface area contributed by atoms with Crippen molar-refractivity contribution in [1.29, 1.82) is 0 Å². The number of benzene rings is 2. The van der Waals surface area contributed by atoms with Crippen molar-refractivity contribution >= 4 is 34.6 Å². The molecule has 1 amide bonds. The normalized spacial score (nSPS) is 11.5. The molecule has 9 nitrogen and oxygen atoms in total. The molecule has 4 N–H and O–H groups in total. The van der Waals surface area contributed by atoms with Crippen LogP contribution in [0.1, 0.15) is 21.7 Å². The predicted octanol–water partition coefficient (Wildman–Crippen LogP) is 5.09. The van der Waals surface area contributed by atoms with Crippen molar-refractivity contribution in [2.24, 2.45) is 0 Å². The van der Waals surface area contributed by atoms with Crippen LogP contribution < -0.4 is 16.4 Å². The lowest BCUT2D eigenvalue weighted by molar-refractivity contribution is -0.141. The minimum atomic E-state index is -4.60. The van der Waals surface area contributed by atoms with Gasteiger partial charge in [-0.3, -0.25) is 9.20 Å². The Morgan fingerprint density at radius 1 is 1.00 bits per heavy atom. The molecule has 186 valence electrons. The van der Waals surface area contributed by atoms with Gasteiger partial charge in [-0.05, 0) is 49.4 Å². The molecule has 0 aliphatic carbocycles. The van der Waals surface area contributed by atoms with E-state index in [-0.39, 0.29) is 17.5 Å². The molecule has 2 aromatic carbocycles. The lowest BCUT2D eigenvalue weighted by Gasteiger charge is -2.10. The molecule has 5 aromatic rings. The van der Waals surface area contributed by atoms with Crippen molar-refractivity contribution in [2.45, 2.75) is 13.1 Å². The van der Waals surface area contributed by atoms with E-state index >= 15 is 0 Å². The van der Waals surface area contributed by atoms with Gasteiger partial charge in [0.15, 0.2) is 11.3 Å². The van der Waals surface area contributed by atoms with Crippen molar-refractivity contribution in [1.82, 2.24) is 24.3 Å². The molecule has 37 heavy (non-hydrogen) atoms. The van der Waals surface area contributed by atoms with Gasteiger partial charge in [0, 0.05) is 23.6 Å². The number of rotatable bonds is 5. The van der Waals surface area contributed by atoms with Crippen molar-refractivity contribution < 1.29 is 18.0 Å². The zero-order valence-corrected chi connectivity index (χ0v) is 19.3. The smallest absolute Gasteiger partial charge is 0.397 e. The average molecular weight is 504 g/mol. The number of nitrogen functional groups attached to an aromatic ring is 1. The summed E-state index contributed by atoms with van der Waals surface area (Å²) in [7, 11) is 0. The third kappa shape index (κ3) is 4.89. The minimum Gasteiger partial charge on any atom is -0.397 e. The summed E-state index contributed by atoms with van der Waals surface area (Å²) in [6, 6.07) is 15.1. The van der Waals surface area contributed by atoms with E-state index in [2.05, 4.69) is 30.6 Å². The molecule has 0 aliphatic rings. The summed E-state index contributed by atoms with van der Waals surface area (Å²) in [5.41, 5.74) is 8.34. The molecular weight excluding hydrogens is 485 g/mol. The highest BCUT2D eigenvalue weighted by atomic mass is 19.4. The SMILES string of the molecule is Cc1nc2cnc(C(F)(F)F)cn2c1-c1ccnc(Nc2ccc(C(=O)Nc3ccccc3N)cc2)n1. The molecule has 0 fully saturated rings. The van der Waals surface area contributed by atoms with Crippen LogP contribution in [-0.2, 0) is 6.18 Å². The molecular formula is C25H19F3N8O. The summed E-state index contributed by atoms with van der Waals surface area (Å²) in [5, 5.41) is 5.80. The molecule has 0 unspecified atom stereocenters. The summed E-state index contributed by atoms with van der Waals surface area (Å²) in [6.07, 6.45) is -1.14. The van der Waals surface area contributed by atoms with Crippen molar-refractivity contribution in [3.63, 3.8) is 0 Å². The molecule has 5 rings (SSSR count). The number of aryl methyl sites for hydroxylation is 1. The highest BCUT2D eigenvalue weighted by Gasteiger charge is 2.33. The number of amides is 1. The zero-order chi connectivity index (χ0) is 26.2. The maximum atomic E-state index is 13.2. The lowest BCUT2D eigenvalue weighted by Crippen LogP contribution is -2.13. The zero-order valence-electron chi connectivity index (χ0n) is 19.3. The van der Waals surface area contributed by atoms with Crippen molar-refractivity contribution in [3.8, 4) is 11.4 Å². The fourth-order valence-electron chi connectivity index (χ4n) is 3.72. The molecule has 0 saturated carbocycles. The predicted molar refractivity (Wildman–Crippen MR) is 132 cm³/mol. The molecule has 3 heterocycles. The van der Waals surface area contributed by atoms with E-state index in [0.717, 1.165) is 12.4 Å². The minimum absolute atomic E-state index is 0.214. The van der Waals surface area contributed by atoms with E-state index in [1.54, 1.807) is 61.5 Å². The number of halogens is 3. The second-order valence-corrected chi connectivity index (χ2v) is 8.05. The van der Waals surface area contributed by atoms with Gasteiger partial charge in [0.2, 0.25) is 5.95 Å². The number of nitrogens with one attached hydrogen (secondary N) is 2. The number of carbonyl (C=O) groups is 1.